The Labute approximate surface area is 104 Å². The fourth-order valence-electron chi connectivity index (χ4n) is 1.90. The molecular weight excluding hydrogens is 239 g/mol. The number of carbonyl (C=O) groups excluding carboxylic acids is 1. The topological polar surface area (TPSA) is 46.3 Å². The zero-order chi connectivity index (χ0) is 12.4. The number of halogens is 1. The third-order valence-electron chi connectivity index (χ3n) is 3.02. The second-order valence-electron chi connectivity index (χ2n) is 4.17. The lowest BCUT2D eigenvalue weighted by molar-refractivity contribution is 0.0748. The molecule has 2 N–H and O–H groups in total. The molecule has 1 fully saturated rings. The molecule has 0 aromatic heterocycles. The average Bonchev–Trinajstić information content (AvgIpc) is 2.84. The molecule has 1 aliphatic rings. The molecular formula is C12H15FN2OS. The Hall–Kier alpha value is -1.23. The number of carbonyl (C=O) groups is 1. The van der Waals surface area contributed by atoms with Crippen molar-refractivity contribution in [2.45, 2.75) is 12.5 Å². The second kappa shape index (κ2) is 4.96. The van der Waals surface area contributed by atoms with Crippen LogP contribution in [0.15, 0.2) is 18.2 Å². The fourth-order valence-corrected chi connectivity index (χ4v) is 3.16. The van der Waals surface area contributed by atoms with Gasteiger partial charge in [0.15, 0.2) is 0 Å². The first-order valence-electron chi connectivity index (χ1n) is 5.49. The Balaban J connectivity index is 2.20. The number of hydrogen-bond donors (Lipinski definition) is 1. The number of benzene rings is 1. The van der Waals surface area contributed by atoms with Gasteiger partial charge in [-0.15, -0.1) is 0 Å². The summed E-state index contributed by atoms with van der Waals surface area (Å²) in [6.07, 6.45) is 0.988. The van der Waals surface area contributed by atoms with E-state index in [0.717, 1.165) is 17.9 Å². The lowest BCUT2D eigenvalue weighted by Gasteiger charge is -2.24. The summed E-state index contributed by atoms with van der Waals surface area (Å²) in [6, 6.07) is 4.13. The Morgan fingerprint density at radius 2 is 2.35 bits per heavy atom. The van der Waals surface area contributed by atoms with Crippen LogP contribution in [0.1, 0.15) is 16.8 Å². The number of hydrogen-bond acceptors (Lipinski definition) is 3. The first kappa shape index (κ1) is 12.2. The van der Waals surface area contributed by atoms with E-state index < -0.39 is 5.82 Å². The minimum Gasteiger partial charge on any atom is -0.398 e. The molecule has 0 spiro atoms. The van der Waals surface area contributed by atoms with E-state index >= 15 is 0 Å². The van der Waals surface area contributed by atoms with Crippen LogP contribution in [0.2, 0.25) is 0 Å². The van der Waals surface area contributed by atoms with Gasteiger partial charge in [-0.3, -0.25) is 4.79 Å². The molecule has 1 atom stereocenters. The highest BCUT2D eigenvalue weighted by atomic mass is 32.2. The summed E-state index contributed by atoms with van der Waals surface area (Å²) in [7, 11) is 1.75. The number of nitrogen functional groups attached to an aromatic ring is 1. The first-order chi connectivity index (χ1) is 8.09. The molecule has 17 heavy (non-hydrogen) atoms. The molecule has 0 saturated carbocycles. The van der Waals surface area contributed by atoms with Gasteiger partial charge in [0.2, 0.25) is 0 Å². The summed E-state index contributed by atoms with van der Waals surface area (Å²) < 4.78 is 13.1. The smallest absolute Gasteiger partial charge is 0.256 e. The molecule has 2 rings (SSSR count). The molecule has 1 aromatic rings. The highest BCUT2D eigenvalue weighted by Crippen LogP contribution is 2.24. The minimum atomic E-state index is -0.434. The van der Waals surface area contributed by atoms with Crippen molar-refractivity contribution in [1.29, 1.82) is 0 Å². The van der Waals surface area contributed by atoms with Gasteiger partial charge in [-0.25, -0.2) is 4.39 Å². The SMILES string of the molecule is CN(C(=O)c1cc(F)ccc1N)C1CCSC1. The predicted molar refractivity (Wildman–Crippen MR) is 68.6 cm³/mol. The monoisotopic (exact) mass is 254 g/mol. The second-order valence-corrected chi connectivity index (χ2v) is 5.31. The molecule has 1 aliphatic heterocycles. The van der Waals surface area contributed by atoms with E-state index in [0.29, 0.717) is 5.69 Å². The van der Waals surface area contributed by atoms with Gasteiger partial charge in [-0.1, -0.05) is 0 Å². The molecule has 0 radical (unpaired) electrons. The van der Waals surface area contributed by atoms with Crippen LogP contribution in [0, 0.1) is 5.82 Å². The number of amides is 1. The highest BCUT2D eigenvalue weighted by Gasteiger charge is 2.25. The van der Waals surface area contributed by atoms with E-state index in [1.165, 1.54) is 18.2 Å². The summed E-state index contributed by atoms with van der Waals surface area (Å²) in [6.45, 7) is 0. The number of thioether (sulfide) groups is 1. The van der Waals surface area contributed by atoms with Gasteiger partial charge in [0, 0.05) is 24.5 Å². The summed E-state index contributed by atoms with van der Waals surface area (Å²) in [5.74, 6) is 1.38. The Morgan fingerprint density at radius 1 is 1.59 bits per heavy atom. The quantitative estimate of drug-likeness (QED) is 0.821. The fraction of sp³-hybridized carbons (Fsp3) is 0.417. The molecule has 1 heterocycles. The molecule has 1 unspecified atom stereocenters. The van der Waals surface area contributed by atoms with Crippen LogP contribution < -0.4 is 5.73 Å². The van der Waals surface area contributed by atoms with Crippen molar-refractivity contribution < 1.29 is 9.18 Å². The molecule has 3 nitrogen and oxygen atoms in total. The lowest BCUT2D eigenvalue weighted by atomic mass is 10.1. The molecule has 0 aliphatic carbocycles. The van der Waals surface area contributed by atoms with Gasteiger partial charge >= 0.3 is 0 Å². The van der Waals surface area contributed by atoms with E-state index in [2.05, 4.69) is 0 Å². The van der Waals surface area contributed by atoms with E-state index in [1.807, 2.05) is 11.8 Å². The third-order valence-corrected chi connectivity index (χ3v) is 4.16. The molecule has 1 aromatic carbocycles. The largest absolute Gasteiger partial charge is 0.398 e. The zero-order valence-corrected chi connectivity index (χ0v) is 10.5. The average molecular weight is 254 g/mol. The van der Waals surface area contributed by atoms with Gasteiger partial charge < -0.3 is 10.6 Å². The van der Waals surface area contributed by atoms with Crippen LogP contribution in [-0.2, 0) is 0 Å². The molecule has 0 bridgehead atoms. The van der Waals surface area contributed by atoms with Gasteiger partial charge in [-0.2, -0.15) is 11.8 Å². The van der Waals surface area contributed by atoms with Crippen molar-refractivity contribution in [1.82, 2.24) is 4.90 Å². The van der Waals surface area contributed by atoms with Gasteiger partial charge in [-0.05, 0) is 30.4 Å². The van der Waals surface area contributed by atoms with Crippen LogP contribution in [-0.4, -0.2) is 35.4 Å². The van der Waals surface area contributed by atoms with Gasteiger partial charge in [0.25, 0.3) is 5.91 Å². The Morgan fingerprint density at radius 3 is 3.00 bits per heavy atom. The number of nitrogens with two attached hydrogens (primary N) is 1. The van der Waals surface area contributed by atoms with Crippen LogP contribution in [0.4, 0.5) is 10.1 Å². The molecule has 5 heteroatoms. The summed E-state index contributed by atoms with van der Waals surface area (Å²) in [5.41, 5.74) is 6.29. The van der Waals surface area contributed by atoms with Crippen molar-refractivity contribution in [3.63, 3.8) is 0 Å². The maximum Gasteiger partial charge on any atom is 0.256 e. The Kier molecular flexibility index (Phi) is 3.57. The lowest BCUT2D eigenvalue weighted by Crippen LogP contribution is -2.37. The van der Waals surface area contributed by atoms with Crippen LogP contribution in [0.3, 0.4) is 0 Å². The van der Waals surface area contributed by atoms with Crippen LogP contribution in [0.5, 0.6) is 0 Å². The van der Waals surface area contributed by atoms with Crippen molar-refractivity contribution in [2.75, 3.05) is 24.3 Å². The predicted octanol–water partition coefficient (Wildman–Crippen LogP) is 1.99. The van der Waals surface area contributed by atoms with E-state index in [9.17, 15) is 9.18 Å². The standard InChI is InChI=1S/C12H15FN2OS/c1-15(9-4-5-17-7-9)12(16)10-6-8(13)2-3-11(10)14/h2-3,6,9H,4-5,7,14H2,1H3. The maximum absolute atomic E-state index is 13.1. The molecule has 1 amide bonds. The number of anilines is 1. The van der Waals surface area contributed by atoms with E-state index in [4.69, 9.17) is 5.73 Å². The van der Waals surface area contributed by atoms with Crippen LogP contribution in [0.25, 0.3) is 0 Å². The molecule has 92 valence electrons. The molecule has 1 saturated heterocycles. The maximum atomic E-state index is 13.1. The third kappa shape index (κ3) is 2.54. The van der Waals surface area contributed by atoms with Gasteiger partial charge in [0.05, 0.1) is 5.56 Å². The van der Waals surface area contributed by atoms with Crippen LogP contribution >= 0.6 is 11.8 Å². The summed E-state index contributed by atoms with van der Waals surface area (Å²) >= 11 is 1.83. The van der Waals surface area contributed by atoms with Crippen molar-refractivity contribution in [2.24, 2.45) is 0 Å². The zero-order valence-electron chi connectivity index (χ0n) is 9.65. The first-order valence-corrected chi connectivity index (χ1v) is 6.65. The van der Waals surface area contributed by atoms with E-state index in [-0.39, 0.29) is 17.5 Å². The summed E-state index contributed by atoms with van der Waals surface area (Å²) in [5, 5.41) is 0. The number of rotatable bonds is 2. The van der Waals surface area contributed by atoms with Crippen molar-refractivity contribution >= 4 is 23.4 Å². The Bertz CT molecular complexity index is 433. The normalized spacial score (nSPS) is 19.3. The van der Waals surface area contributed by atoms with E-state index in [1.54, 1.807) is 11.9 Å². The summed E-state index contributed by atoms with van der Waals surface area (Å²) in [4.78, 5) is 13.8. The van der Waals surface area contributed by atoms with Gasteiger partial charge in [0.1, 0.15) is 5.82 Å². The van der Waals surface area contributed by atoms with Crippen molar-refractivity contribution in [3.8, 4) is 0 Å². The number of nitrogens with zero attached hydrogens (tertiary/aromatic N) is 1. The highest BCUT2D eigenvalue weighted by molar-refractivity contribution is 7.99. The minimum absolute atomic E-state index is 0.200. The van der Waals surface area contributed by atoms with Crippen molar-refractivity contribution in [3.05, 3.63) is 29.6 Å².